The molecule has 0 fully saturated rings. The summed E-state index contributed by atoms with van der Waals surface area (Å²) in [4.78, 5) is 52.4. The molecule has 0 aromatic heterocycles. The summed E-state index contributed by atoms with van der Waals surface area (Å²) < 4.78 is 5.35. The van der Waals surface area contributed by atoms with E-state index in [1.165, 1.54) is 30.9 Å². The van der Waals surface area contributed by atoms with E-state index in [1.807, 2.05) is 26.0 Å². The van der Waals surface area contributed by atoms with Crippen LogP contribution in [0.5, 0.6) is 5.75 Å². The zero-order valence-corrected chi connectivity index (χ0v) is 25.9. The third-order valence-electron chi connectivity index (χ3n) is 6.52. The van der Waals surface area contributed by atoms with Crippen molar-refractivity contribution < 1.29 is 24.2 Å². The van der Waals surface area contributed by atoms with Crippen LogP contribution in [-0.2, 0) is 0 Å². The summed E-state index contributed by atoms with van der Waals surface area (Å²) in [5.41, 5.74) is 0.0187. The summed E-state index contributed by atoms with van der Waals surface area (Å²) in [6.45, 7) is 7.33. The van der Waals surface area contributed by atoms with E-state index in [1.54, 1.807) is 25.1 Å². The number of nitro groups is 2. The quantitative estimate of drug-likeness (QED) is 0.0922. The van der Waals surface area contributed by atoms with Crippen LogP contribution in [0.4, 0.5) is 33.2 Å². The minimum Gasteiger partial charge on any atom is -0.402 e. The molecule has 1 N–H and O–H groups in total. The number of non-ortho nitro benzene ring substituents is 1. The maximum atomic E-state index is 13.8. The number of nitriles is 1. The highest BCUT2D eigenvalue weighted by Crippen LogP contribution is 2.39. The number of nitrogens with one attached hydrogen (secondary N) is 1. The molecule has 0 bridgehead atoms. The fraction of sp³-hybridized carbons (Fsp3) is 0.276. The van der Waals surface area contributed by atoms with Gasteiger partial charge in [0.05, 0.1) is 33.2 Å². The fourth-order valence-corrected chi connectivity index (χ4v) is 5.50. The van der Waals surface area contributed by atoms with E-state index in [4.69, 9.17) is 21.6 Å². The molecule has 3 aromatic carbocycles. The largest absolute Gasteiger partial charge is 0.417 e. The highest BCUT2D eigenvalue weighted by molar-refractivity contribution is 7.99. The van der Waals surface area contributed by atoms with E-state index in [-0.39, 0.29) is 6.42 Å². The Bertz CT molecular complexity index is 1640. The van der Waals surface area contributed by atoms with Crippen molar-refractivity contribution >= 4 is 63.8 Å². The van der Waals surface area contributed by atoms with Crippen molar-refractivity contribution in [2.45, 2.75) is 32.1 Å². The maximum absolute atomic E-state index is 13.8. The number of halogens is 1. The Morgan fingerprint density at radius 3 is 2.36 bits per heavy atom. The molecule has 0 saturated carbocycles. The molecule has 0 unspecified atom stereocenters. The number of amides is 2. The molecule has 0 atom stereocenters. The van der Waals surface area contributed by atoms with Gasteiger partial charge in [0, 0.05) is 59.7 Å². The average molecular weight is 641 g/mol. The van der Waals surface area contributed by atoms with Crippen molar-refractivity contribution in [1.82, 2.24) is 0 Å². The molecule has 0 spiro atoms. The number of thioether (sulfide) groups is 1. The topological polar surface area (TPSA) is 172 Å². The number of carbonyl (C=O) groups is 2. The molecule has 0 aliphatic carbocycles. The smallest absolute Gasteiger partial charge is 0.402 e. The van der Waals surface area contributed by atoms with E-state index < -0.39 is 44.5 Å². The third-order valence-corrected chi connectivity index (χ3v) is 7.80. The Balaban J connectivity index is 2.04. The van der Waals surface area contributed by atoms with Gasteiger partial charge in [0.25, 0.3) is 11.6 Å². The molecular weight excluding hydrogens is 612 g/mol. The van der Waals surface area contributed by atoms with Crippen LogP contribution >= 0.6 is 23.4 Å². The number of carbonyl (C=O) groups excluding carboxylic acids is 2. The van der Waals surface area contributed by atoms with Crippen molar-refractivity contribution in [1.29, 1.82) is 5.26 Å². The van der Waals surface area contributed by atoms with Crippen LogP contribution in [0.15, 0.2) is 53.4 Å². The summed E-state index contributed by atoms with van der Waals surface area (Å²) in [5.74, 6) is -1.30. The second kappa shape index (κ2) is 15.0. The van der Waals surface area contributed by atoms with Crippen molar-refractivity contribution in [3.05, 3.63) is 84.9 Å². The number of benzene rings is 3. The molecule has 0 saturated heterocycles. The number of anilines is 3. The van der Waals surface area contributed by atoms with Gasteiger partial charge in [-0.25, -0.2) is 4.79 Å². The van der Waals surface area contributed by atoms with Gasteiger partial charge in [-0.1, -0.05) is 11.6 Å². The van der Waals surface area contributed by atoms with Crippen molar-refractivity contribution in [2.24, 2.45) is 0 Å². The van der Waals surface area contributed by atoms with Crippen LogP contribution in [0, 0.1) is 38.5 Å². The van der Waals surface area contributed by atoms with E-state index in [0.29, 0.717) is 38.7 Å². The van der Waals surface area contributed by atoms with Gasteiger partial charge >= 0.3 is 11.8 Å². The predicted octanol–water partition coefficient (Wildman–Crippen LogP) is 7.20. The minimum absolute atomic E-state index is 0.218. The number of nitro benzene ring substituents is 2. The zero-order valence-electron chi connectivity index (χ0n) is 24.3. The second-order valence-electron chi connectivity index (χ2n) is 9.27. The van der Waals surface area contributed by atoms with Crippen LogP contribution in [0.3, 0.4) is 0 Å². The molecule has 0 radical (unpaired) electrons. The van der Waals surface area contributed by atoms with Gasteiger partial charge in [-0.3, -0.25) is 30.3 Å². The SMILES string of the molecule is CCN(CC)c1ccc(NC(=O)Oc2c(C(=O)N(C)c3ccc(Cl)cc3SCCC#N)cc([N+](=O)[O-])cc2[N+](=O)[O-])c(C)c1. The highest BCUT2D eigenvalue weighted by Gasteiger charge is 2.33. The number of aryl methyl sites for hydroxylation is 1. The van der Waals surface area contributed by atoms with Gasteiger partial charge in [0.1, 0.15) is 0 Å². The van der Waals surface area contributed by atoms with Gasteiger partial charge < -0.3 is 14.5 Å². The van der Waals surface area contributed by atoms with Gasteiger partial charge in [0.2, 0.25) is 5.75 Å². The third kappa shape index (κ3) is 7.94. The molecule has 0 aliphatic heterocycles. The molecule has 0 aliphatic rings. The number of hydrogen-bond acceptors (Lipinski definition) is 10. The molecule has 13 nitrogen and oxygen atoms in total. The average Bonchev–Trinajstić information content (AvgIpc) is 2.98. The summed E-state index contributed by atoms with van der Waals surface area (Å²) in [6.07, 6.45) is -0.924. The second-order valence-corrected chi connectivity index (χ2v) is 10.8. The van der Waals surface area contributed by atoms with E-state index in [9.17, 15) is 29.8 Å². The Labute approximate surface area is 262 Å². The van der Waals surface area contributed by atoms with Crippen LogP contribution in [0.2, 0.25) is 5.02 Å². The van der Waals surface area contributed by atoms with Gasteiger partial charge in [-0.05, 0) is 62.7 Å². The normalized spacial score (nSPS) is 10.5. The Morgan fingerprint density at radius 2 is 1.77 bits per heavy atom. The first-order chi connectivity index (χ1) is 20.9. The van der Waals surface area contributed by atoms with Crippen molar-refractivity contribution in [3.8, 4) is 11.8 Å². The van der Waals surface area contributed by atoms with Crippen LogP contribution in [-0.4, -0.2) is 47.7 Å². The van der Waals surface area contributed by atoms with E-state index in [2.05, 4.69) is 10.2 Å². The monoisotopic (exact) mass is 640 g/mol. The minimum atomic E-state index is -1.14. The first-order valence-electron chi connectivity index (χ1n) is 13.3. The lowest BCUT2D eigenvalue weighted by Crippen LogP contribution is -2.28. The molecule has 0 heterocycles. The lowest BCUT2D eigenvalue weighted by molar-refractivity contribution is -0.394. The first kappa shape index (κ1) is 33.6. The van der Waals surface area contributed by atoms with Gasteiger partial charge in [-0.2, -0.15) is 5.26 Å². The summed E-state index contributed by atoms with van der Waals surface area (Å²) in [7, 11) is 1.36. The van der Waals surface area contributed by atoms with Crippen molar-refractivity contribution in [3.63, 3.8) is 0 Å². The van der Waals surface area contributed by atoms with Gasteiger partial charge in [-0.15, -0.1) is 11.8 Å². The number of hydrogen-bond donors (Lipinski definition) is 1. The molecule has 15 heteroatoms. The first-order valence-corrected chi connectivity index (χ1v) is 14.7. The van der Waals surface area contributed by atoms with Crippen molar-refractivity contribution in [2.75, 3.05) is 41.0 Å². The Kier molecular flexibility index (Phi) is 11.5. The molecule has 44 heavy (non-hydrogen) atoms. The standard InChI is InChI=1S/C29H29ClN6O7S/c1-5-34(6-2)20-9-10-23(18(3)14-20)32-29(38)43-27-22(16-21(35(39)40)17-25(27)36(41)42)28(37)33(4)24-11-8-19(30)15-26(24)44-13-7-12-31/h8-11,14-17H,5-7,13H2,1-4H3,(H,32,38). The highest BCUT2D eigenvalue weighted by atomic mass is 35.5. The molecule has 230 valence electrons. The summed E-state index contributed by atoms with van der Waals surface area (Å²) in [5, 5.41) is 35.5. The summed E-state index contributed by atoms with van der Waals surface area (Å²) in [6, 6.07) is 13.4. The van der Waals surface area contributed by atoms with Gasteiger partial charge in [0.15, 0.2) is 0 Å². The summed E-state index contributed by atoms with van der Waals surface area (Å²) >= 11 is 7.39. The Hall–Kier alpha value is -4.87. The van der Waals surface area contributed by atoms with Crippen LogP contribution in [0.25, 0.3) is 0 Å². The molecular formula is C29H29ClN6O7S. The van der Waals surface area contributed by atoms with E-state index >= 15 is 0 Å². The van der Waals surface area contributed by atoms with Crippen LogP contribution in [0.1, 0.15) is 36.2 Å². The molecule has 2 amide bonds. The number of ether oxygens (including phenoxy) is 1. The predicted molar refractivity (Wildman–Crippen MR) is 169 cm³/mol. The Morgan fingerprint density at radius 1 is 1.07 bits per heavy atom. The number of nitrogens with zero attached hydrogens (tertiary/aromatic N) is 5. The fourth-order valence-electron chi connectivity index (χ4n) is 4.28. The molecule has 3 rings (SSSR count). The van der Waals surface area contributed by atoms with Crippen LogP contribution < -0.4 is 19.9 Å². The maximum Gasteiger partial charge on any atom is 0.417 e. The number of rotatable bonds is 12. The lowest BCUT2D eigenvalue weighted by atomic mass is 10.1. The molecule has 3 aromatic rings. The lowest BCUT2D eigenvalue weighted by Gasteiger charge is -2.22. The van der Waals surface area contributed by atoms with E-state index in [0.717, 1.165) is 29.7 Å². The zero-order chi connectivity index (χ0) is 32.6.